The predicted molar refractivity (Wildman–Crippen MR) is 70.4 cm³/mol. The molecule has 19 heavy (non-hydrogen) atoms. The number of hydrogen-bond acceptors (Lipinski definition) is 2. The number of carbonyl (C=O) groups excluding carboxylic acids is 1. The zero-order valence-electron chi connectivity index (χ0n) is 11.3. The van der Waals surface area contributed by atoms with Crippen LogP contribution in [0.2, 0.25) is 0 Å². The van der Waals surface area contributed by atoms with Gasteiger partial charge in [0, 0.05) is 6.54 Å². The van der Waals surface area contributed by atoms with Crippen LogP contribution in [-0.2, 0) is 4.79 Å². The third kappa shape index (κ3) is 2.53. The molecule has 3 atom stereocenters. The van der Waals surface area contributed by atoms with Crippen LogP contribution < -0.4 is 5.32 Å². The molecule has 3 unspecified atom stereocenters. The van der Waals surface area contributed by atoms with Gasteiger partial charge in [-0.3, -0.25) is 0 Å². The number of likely N-dealkylation sites (tertiary alicyclic amines) is 1. The van der Waals surface area contributed by atoms with E-state index in [1.165, 1.54) is 4.90 Å². The van der Waals surface area contributed by atoms with Gasteiger partial charge in [-0.1, -0.05) is 12.3 Å². The van der Waals surface area contributed by atoms with Crippen LogP contribution in [0, 0.1) is 24.2 Å². The third-order valence-electron chi connectivity index (χ3n) is 4.18. The minimum absolute atomic E-state index is 0.0946. The number of aliphatic carboxylic acids is 1. The molecule has 0 spiro atoms. The van der Waals surface area contributed by atoms with Gasteiger partial charge in [-0.25, -0.2) is 9.59 Å². The van der Waals surface area contributed by atoms with Crippen LogP contribution >= 0.6 is 0 Å². The second-order valence-electron chi connectivity index (χ2n) is 5.99. The maximum Gasteiger partial charge on any atom is 0.326 e. The van der Waals surface area contributed by atoms with Crippen molar-refractivity contribution in [2.45, 2.75) is 44.7 Å². The topological polar surface area (TPSA) is 69.6 Å². The highest BCUT2D eigenvalue weighted by molar-refractivity contribution is 5.84. The number of amides is 2. The fourth-order valence-electron chi connectivity index (χ4n) is 3.21. The Morgan fingerprint density at radius 1 is 1.42 bits per heavy atom. The highest BCUT2D eigenvalue weighted by atomic mass is 16.4. The van der Waals surface area contributed by atoms with Crippen LogP contribution in [0.15, 0.2) is 0 Å². The van der Waals surface area contributed by atoms with Gasteiger partial charge in [0.1, 0.15) is 6.04 Å². The Bertz CT molecular complexity index is 438. The van der Waals surface area contributed by atoms with E-state index in [2.05, 4.69) is 11.2 Å². The number of rotatable bonds is 2. The van der Waals surface area contributed by atoms with Crippen LogP contribution in [0.5, 0.6) is 0 Å². The smallest absolute Gasteiger partial charge is 0.326 e. The van der Waals surface area contributed by atoms with Gasteiger partial charge in [0.2, 0.25) is 0 Å². The number of carboxylic acids is 1. The summed E-state index contributed by atoms with van der Waals surface area (Å²) in [6.07, 6.45) is 8.30. The van der Waals surface area contributed by atoms with E-state index in [1.807, 2.05) is 0 Å². The summed E-state index contributed by atoms with van der Waals surface area (Å²) >= 11 is 0. The molecule has 0 bridgehead atoms. The summed E-state index contributed by atoms with van der Waals surface area (Å²) in [6, 6.07) is -1.08. The number of nitrogens with zero attached hydrogens (tertiary/aromatic N) is 1. The van der Waals surface area contributed by atoms with Crippen molar-refractivity contribution in [2.75, 3.05) is 6.54 Å². The van der Waals surface area contributed by atoms with Crippen molar-refractivity contribution in [3.63, 3.8) is 0 Å². The van der Waals surface area contributed by atoms with Crippen molar-refractivity contribution < 1.29 is 14.7 Å². The number of fused-ring (bicyclic) bond motifs is 1. The lowest BCUT2D eigenvalue weighted by molar-refractivity contribution is -0.142. The first-order valence-electron chi connectivity index (χ1n) is 6.65. The average molecular weight is 264 g/mol. The molecule has 5 nitrogen and oxygen atoms in total. The summed E-state index contributed by atoms with van der Waals surface area (Å²) in [5.41, 5.74) is -0.766. The van der Waals surface area contributed by atoms with Crippen molar-refractivity contribution in [2.24, 2.45) is 11.8 Å². The Morgan fingerprint density at radius 2 is 2.11 bits per heavy atom. The molecule has 0 aromatic carbocycles. The van der Waals surface area contributed by atoms with Crippen molar-refractivity contribution in [3.8, 4) is 12.3 Å². The monoisotopic (exact) mass is 264 g/mol. The number of terminal acetylenes is 1. The summed E-state index contributed by atoms with van der Waals surface area (Å²) in [6.45, 7) is 3.96. The highest BCUT2D eigenvalue weighted by Gasteiger charge is 2.49. The van der Waals surface area contributed by atoms with E-state index in [4.69, 9.17) is 6.42 Å². The quantitative estimate of drug-likeness (QED) is 0.738. The van der Waals surface area contributed by atoms with Crippen molar-refractivity contribution in [1.82, 2.24) is 10.2 Å². The Morgan fingerprint density at radius 3 is 2.68 bits per heavy atom. The molecular weight excluding hydrogens is 244 g/mol. The third-order valence-corrected chi connectivity index (χ3v) is 4.18. The predicted octanol–water partition coefficient (Wildman–Crippen LogP) is 1.29. The van der Waals surface area contributed by atoms with E-state index in [-0.39, 0.29) is 11.9 Å². The van der Waals surface area contributed by atoms with Crippen LogP contribution in [0.3, 0.4) is 0 Å². The largest absolute Gasteiger partial charge is 0.480 e. The van der Waals surface area contributed by atoms with Crippen molar-refractivity contribution in [1.29, 1.82) is 0 Å². The van der Waals surface area contributed by atoms with Crippen molar-refractivity contribution in [3.05, 3.63) is 0 Å². The zero-order valence-corrected chi connectivity index (χ0v) is 11.3. The fourth-order valence-corrected chi connectivity index (χ4v) is 3.21. The van der Waals surface area contributed by atoms with Gasteiger partial charge < -0.3 is 15.3 Å². The van der Waals surface area contributed by atoms with Gasteiger partial charge in [-0.15, -0.1) is 6.42 Å². The lowest BCUT2D eigenvalue weighted by Crippen LogP contribution is -2.53. The Hall–Kier alpha value is -1.70. The number of nitrogens with one attached hydrogen (secondary N) is 1. The van der Waals surface area contributed by atoms with E-state index in [0.717, 1.165) is 19.3 Å². The zero-order chi connectivity index (χ0) is 14.2. The summed E-state index contributed by atoms with van der Waals surface area (Å²) < 4.78 is 0. The first-order chi connectivity index (χ1) is 8.85. The SMILES string of the molecule is C#CC(C)(C)NC(=O)N1CC2CCCC2C1C(=O)O. The molecule has 5 heteroatoms. The molecule has 1 aliphatic heterocycles. The summed E-state index contributed by atoms with van der Waals surface area (Å²) in [7, 11) is 0. The fraction of sp³-hybridized carbons (Fsp3) is 0.714. The maximum absolute atomic E-state index is 12.2. The molecule has 1 heterocycles. The van der Waals surface area contributed by atoms with Gasteiger partial charge in [-0.05, 0) is 38.5 Å². The van der Waals surface area contributed by atoms with Crippen LogP contribution in [0.25, 0.3) is 0 Å². The molecule has 0 aromatic rings. The van der Waals surface area contributed by atoms with E-state index in [9.17, 15) is 14.7 Å². The normalized spacial score (nSPS) is 29.7. The van der Waals surface area contributed by atoms with Gasteiger partial charge in [0.05, 0.1) is 5.54 Å². The Kier molecular flexibility index (Phi) is 3.44. The molecular formula is C14H20N2O3. The first kappa shape index (κ1) is 13.7. The molecule has 2 amide bonds. The number of carbonyl (C=O) groups is 2. The molecule has 1 aliphatic carbocycles. The lowest BCUT2D eigenvalue weighted by Gasteiger charge is -2.28. The summed E-state index contributed by atoms with van der Waals surface area (Å²) in [5.74, 6) is 1.99. The molecule has 2 aliphatic rings. The van der Waals surface area contributed by atoms with Crippen molar-refractivity contribution >= 4 is 12.0 Å². The molecule has 0 aromatic heterocycles. The number of hydrogen-bond donors (Lipinski definition) is 2. The standard InChI is InChI=1S/C14H20N2O3/c1-4-14(2,3)15-13(19)16-8-9-6-5-7-10(9)11(16)12(17)18/h1,9-11H,5-8H2,2-3H3,(H,15,19)(H,17,18). The minimum atomic E-state index is -0.914. The van der Waals surface area contributed by atoms with E-state index in [1.54, 1.807) is 13.8 Å². The van der Waals surface area contributed by atoms with Crippen LogP contribution in [-0.4, -0.2) is 40.1 Å². The highest BCUT2D eigenvalue weighted by Crippen LogP contribution is 2.42. The maximum atomic E-state index is 12.2. The lowest BCUT2D eigenvalue weighted by atomic mass is 9.94. The van der Waals surface area contributed by atoms with Gasteiger partial charge in [-0.2, -0.15) is 0 Å². The number of urea groups is 1. The molecule has 2 rings (SSSR count). The molecule has 2 N–H and O–H groups in total. The Balaban J connectivity index is 2.13. The van der Waals surface area contributed by atoms with E-state index in [0.29, 0.717) is 12.5 Å². The first-order valence-corrected chi connectivity index (χ1v) is 6.65. The van der Waals surface area contributed by atoms with Crippen LogP contribution in [0.4, 0.5) is 4.79 Å². The second kappa shape index (κ2) is 4.76. The van der Waals surface area contributed by atoms with E-state index < -0.39 is 17.6 Å². The molecule has 2 fully saturated rings. The average Bonchev–Trinajstić information content (AvgIpc) is 2.86. The Labute approximate surface area is 113 Å². The molecule has 1 saturated heterocycles. The minimum Gasteiger partial charge on any atom is -0.480 e. The number of carboxylic acid groups (broad SMARTS) is 1. The van der Waals surface area contributed by atoms with Gasteiger partial charge in [0.25, 0.3) is 0 Å². The van der Waals surface area contributed by atoms with Gasteiger partial charge >= 0.3 is 12.0 Å². The van der Waals surface area contributed by atoms with Gasteiger partial charge in [0.15, 0.2) is 0 Å². The second-order valence-corrected chi connectivity index (χ2v) is 5.99. The molecule has 1 saturated carbocycles. The molecule has 0 radical (unpaired) electrons. The van der Waals surface area contributed by atoms with Crippen LogP contribution in [0.1, 0.15) is 33.1 Å². The summed E-state index contributed by atoms with van der Waals surface area (Å²) in [4.78, 5) is 25.1. The molecule has 104 valence electrons. The van der Waals surface area contributed by atoms with E-state index >= 15 is 0 Å². The summed E-state index contributed by atoms with van der Waals surface area (Å²) in [5, 5.41) is 12.1.